The van der Waals surface area contributed by atoms with Crippen molar-refractivity contribution in [3.8, 4) is 11.8 Å². The van der Waals surface area contributed by atoms with Crippen molar-refractivity contribution in [2.24, 2.45) is 0 Å². The molecule has 0 bridgehead atoms. The van der Waals surface area contributed by atoms with Crippen LogP contribution < -0.4 is 4.74 Å². The lowest BCUT2D eigenvalue weighted by atomic mass is 9.89. The van der Waals surface area contributed by atoms with Crippen LogP contribution in [0.5, 0.6) is 5.75 Å². The molecule has 1 atom stereocenters. The molecule has 1 aliphatic rings. The number of nitriles is 1. The van der Waals surface area contributed by atoms with Crippen molar-refractivity contribution < 1.29 is 9.84 Å². The van der Waals surface area contributed by atoms with Gasteiger partial charge in [-0.2, -0.15) is 5.26 Å². The van der Waals surface area contributed by atoms with Gasteiger partial charge in [0.1, 0.15) is 11.8 Å². The molecule has 3 heteroatoms. The Hall–Kier alpha value is -1.53. The first kappa shape index (κ1) is 10.0. The number of fused-ring (bicyclic) bond motifs is 1. The van der Waals surface area contributed by atoms with Crippen LogP contribution in [0.2, 0.25) is 0 Å². The van der Waals surface area contributed by atoms with E-state index in [-0.39, 0.29) is 12.7 Å². The molecule has 1 unspecified atom stereocenters. The van der Waals surface area contributed by atoms with Gasteiger partial charge in [0, 0.05) is 0 Å². The predicted octanol–water partition coefficient (Wildman–Crippen LogP) is 1.96. The monoisotopic (exact) mass is 203 g/mol. The smallest absolute Gasteiger partial charge is 0.174 e. The Morgan fingerprint density at radius 3 is 3.20 bits per heavy atom. The summed E-state index contributed by atoms with van der Waals surface area (Å²) in [6.07, 6.45) is 2.50. The molecule has 0 saturated carbocycles. The van der Waals surface area contributed by atoms with Gasteiger partial charge in [0.2, 0.25) is 0 Å². The van der Waals surface area contributed by atoms with Crippen molar-refractivity contribution >= 4 is 0 Å². The van der Waals surface area contributed by atoms with E-state index in [0.717, 1.165) is 30.4 Å². The quantitative estimate of drug-likeness (QED) is 0.799. The second-order valence-electron chi connectivity index (χ2n) is 3.72. The zero-order chi connectivity index (χ0) is 10.7. The van der Waals surface area contributed by atoms with Crippen LogP contribution in [0.15, 0.2) is 18.2 Å². The first-order valence-electron chi connectivity index (χ1n) is 5.12. The van der Waals surface area contributed by atoms with Crippen LogP contribution in [0.3, 0.4) is 0 Å². The average Bonchev–Trinajstić information content (AvgIpc) is 2.26. The van der Waals surface area contributed by atoms with Crippen LogP contribution in [-0.2, 0) is 6.42 Å². The van der Waals surface area contributed by atoms with Gasteiger partial charge in [-0.1, -0.05) is 6.07 Å². The Kier molecular flexibility index (Phi) is 2.89. The van der Waals surface area contributed by atoms with Gasteiger partial charge >= 0.3 is 0 Å². The van der Waals surface area contributed by atoms with Crippen LogP contribution in [-0.4, -0.2) is 11.7 Å². The van der Waals surface area contributed by atoms with Crippen molar-refractivity contribution in [2.75, 3.05) is 6.61 Å². The topological polar surface area (TPSA) is 53.2 Å². The Balaban J connectivity index is 2.22. The normalized spacial score (nSPS) is 19.1. The summed E-state index contributed by atoms with van der Waals surface area (Å²) in [6.45, 7) is 0.0708. The molecule has 1 aliphatic carbocycles. The first-order chi connectivity index (χ1) is 7.31. The molecular formula is C12H13NO2. The number of hydrogen-bond donors (Lipinski definition) is 1. The van der Waals surface area contributed by atoms with E-state index in [1.807, 2.05) is 24.3 Å². The Morgan fingerprint density at radius 2 is 2.40 bits per heavy atom. The van der Waals surface area contributed by atoms with Crippen molar-refractivity contribution in [3.63, 3.8) is 0 Å². The molecule has 78 valence electrons. The number of aliphatic hydroxyl groups excluding tert-OH is 1. The highest BCUT2D eigenvalue weighted by atomic mass is 16.5. The SMILES string of the molecule is N#CCOc1ccc2c(c1)CCCC2O. The number of ether oxygens (including phenoxy) is 1. The third-order valence-electron chi connectivity index (χ3n) is 2.70. The molecule has 0 amide bonds. The minimum absolute atomic E-state index is 0.0708. The van der Waals surface area contributed by atoms with Crippen LogP contribution in [0.25, 0.3) is 0 Å². The molecule has 0 fully saturated rings. The average molecular weight is 203 g/mol. The van der Waals surface area contributed by atoms with Gasteiger partial charge in [0.05, 0.1) is 6.10 Å². The van der Waals surface area contributed by atoms with E-state index in [9.17, 15) is 5.11 Å². The second-order valence-corrected chi connectivity index (χ2v) is 3.72. The maximum absolute atomic E-state index is 9.74. The molecule has 0 aromatic heterocycles. The zero-order valence-corrected chi connectivity index (χ0v) is 8.44. The molecule has 15 heavy (non-hydrogen) atoms. The summed E-state index contributed by atoms with van der Waals surface area (Å²) in [4.78, 5) is 0. The number of aryl methyl sites for hydroxylation is 1. The summed E-state index contributed by atoms with van der Waals surface area (Å²) in [7, 11) is 0. The summed E-state index contributed by atoms with van der Waals surface area (Å²) in [5.74, 6) is 0.712. The standard InChI is InChI=1S/C12H13NO2/c13-6-7-15-10-4-5-11-9(8-10)2-1-3-12(11)14/h4-5,8,12,14H,1-3,7H2. The second kappa shape index (κ2) is 4.33. The highest BCUT2D eigenvalue weighted by Gasteiger charge is 2.17. The Labute approximate surface area is 88.9 Å². The molecular weight excluding hydrogens is 190 g/mol. The summed E-state index contributed by atoms with van der Waals surface area (Å²) >= 11 is 0. The molecule has 1 N–H and O–H groups in total. The van der Waals surface area contributed by atoms with Crippen molar-refractivity contribution in [2.45, 2.75) is 25.4 Å². The minimum atomic E-state index is -0.334. The number of aliphatic hydroxyl groups is 1. The molecule has 3 nitrogen and oxygen atoms in total. The van der Waals surface area contributed by atoms with Gasteiger partial charge in [-0.15, -0.1) is 0 Å². The number of nitrogens with zero attached hydrogens (tertiary/aromatic N) is 1. The maximum atomic E-state index is 9.74. The number of hydrogen-bond acceptors (Lipinski definition) is 3. The van der Waals surface area contributed by atoms with E-state index in [2.05, 4.69) is 0 Å². The third kappa shape index (κ3) is 2.11. The minimum Gasteiger partial charge on any atom is -0.479 e. The fourth-order valence-corrected chi connectivity index (χ4v) is 1.97. The van der Waals surface area contributed by atoms with E-state index in [0.29, 0.717) is 5.75 Å². The molecule has 0 aliphatic heterocycles. The largest absolute Gasteiger partial charge is 0.479 e. The number of benzene rings is 1. The Bertz CT molecular complexity index is 395. The first-order valence-corrected chi connectivity index (χ1v) is 5.12. The van der Waals surface area contributed by atoms with Gasteiger partial charge < -0.3 is 9.84 Å². The Morgan fingerprint density at radius 1 is 1.53 bits per heavy atom. The lowest BCUT2D eigenvalue weighted by molar-refractivity contribution is 0.156. The van der Waals surface area contributed by atoms with Crippen LogP contribution in [0.4, 0.5) is 0 Å². The predicted molar refractivity (Wildman–Crippen MR) is 55.4 cm³/mol. The van der Waals surface area contributed by atoms with Crippen LogP contribution >= 0.6 is 0 Å². The molecule has 1 aromatic rings. The van der Waals surface area contributed by atoms with Crippen molar-refractivity contribution in [1.82, 2.24) is 0 Å². The summed E-state index contributed by atoms with van der Waals surface area (Å²) in [5, 5.41) is 18.1. The van der Waals surface area contributed by atoms with Gasteiger partial charge in [-0.3, -0.25) is 0 Å². The van der Waals surface area contributed by atoms with Crippen molar-refractivity contribution in [3.05, 3.63) is 29.3 Å². The highest BCUT2D eigenvalue weighted by Crippen LogP contribution is 2.31. The third-order valence-corrected chi connectivity index (χ3v) is 2.70. The van der Waals surface area contributed by atoms with Crippen LogP contribution in [0.1, 0.15) is 30.1 Å². The highest BCUT2D eigenvalue weighted by molar-refractivity contribution is 5.38. The van der Waals surface area contributed by atoms with E-state index in [1.54, 1.807) is 0 Å². The summed E-state index contributed by atoms with van der Waals surface area (Å²) < 4.78 is 5.21. The molecule has 0 heterocycles. The fourth-order valence-electron chi connectivity index (χ4n) is 1.97. The lowest BCUT2D eigenvalue weighted by Crippen LogP contribution is -2.09. The molecule has 0 spiro atoms. The zero-order valence-electron chi connectivity index (χ0n) is 8.44. The fraction of sp³-hybridized carbons (Fsp3) is 0.417. The van der Waals surface area contributed by atoms with E-state index >= 15 is 0 Å². The summed E-state index contributed by atoms with van der Waals surface area (Å²) in [5.41, 5.74) is 2.15. The molecule has 0 saturated heterocycles. The van der Waals surface area contributed by atoms with Gasteiger partial charge in [-0.25, -0.2) is 0 Å². The van der Waals surface area contributed by atoms with Crippen LogP contribution in [0, 0.1) is 11.3 Å². The van der Waals surface area contributed by atoms with Gasteiger partial charge in [-0.05, 0) is 42.5 Å². The molecule has 1 aromatic carbocycles. The summed E-state index contributed by atoms with van der Waals surface area (Å²) in [6, 6.07) is 7.56. The molecule has 0 radical (unpaired) electrons. The van der Waals surface area contributed by atoms with E-state index in [4.69, 9.17) is 10.00 Å². The van der Waals surface area contributed by atoms with Gasteiger partial charge in [0.25, 0.3) is 0 Å². The van der Waals surface area contributed by atoms with E-state index < -0.39 is 0 Å². The van der Waals surface area contributed by atoms with E-state index in [1.165, 1.54) is 0 Å². The maximum Gasteiger partial charge on any atom is 0.174 e. The lowest BCUT2D eigenvalue weighted by Gasteiger charge is -2.21. The van der Waals surface area contributed by atoms with Gasteiger partial charge in [0.15, 0.2) is 6.61 Å². The number of rotatable bonds is 2. The molecule has 2 rings (SSSR count). The van der Waals surface area contributed by atoms with Crippen molar-refractivity contribution in [1.29, 1.82) is 5.26 Å².